The monoisotopic (exact) mass is 284 g/mol. The first kappa shape index (κ1) is 15.5. The minimum absolute atomic E-state index is 0.0533. The summed E-state index contributed by atoms with van der Waals surface area (Å²) in [5.41, 5.74) is 0.823. The lowest BCUT2D eigenvalue weighted by Gasteiger charge is -2.16. The number of hydrogen-bond donors (Lipinski definition) is 3. The van der Waals surface area contributed by atoms with E-state index in [2.05, 4.69) is 10.6 Å². The molecule has 0 heterocycles. The van der Waals surface area contributed by atoms with E-state index in [-0.39, 0.29) is 18.5 Å². The Morgan fingerprint density at radius 1 is 1.32 bits per heavy atom. The molecule has 1 aromatic rings. The second kappa shape index (κ2) is 7.11. The molecule has 5 nitrogen and oxygen atoms in total. The smallest absolute Gasteiger partial charge is 0.320 e. The van der Waals surface area contributed by atoms with Crippen LogP contribution in [0.4, 0.5) is 0 Å². The Balaban J connectivity index is 2.49. The van der Waals surface area contributed by atoms with E-state index in [1.54, 1.807) is 6.07 Å². The van der Waals surface area contributed by atoms with E-state index in [0.717, 1.165) is 5.56 Å². The van der Waals surface area contributed by atoms with Crippen molar-refractivity contribution in [3.8, 4) is 0 Å². The quantitative estimate of drug-likeness (QED) is 0.741. The molecule has 0 spiro atoms. The van der Waals surface area contributed by atoms with Crippen LogP contribution in [0.1, 0.15) is 25.5 Å². The summed E-state index contributed by atoms with van der Waals surface area (Å²) in [6.07, 6.45) is 0. The Hall–Kier alpha value is -1.59. The highest BCUT2D eigenvalue weighted by Gasteiger charge is 2.14. The van der Waals surface area contributed by atoms with Crippen molar-refractivity contribution in [3.05, 3.63) is 34.9 Å². The lowest BCUT2D eigenvalue weighted by atomic mass is 10.1. The Kier molecular flexibility index (Phi) is 5.79. The van der Waals surface area contributed by atoms with Crippen molar-refractivity contribution >= 4 is 23.5 Å². The highest BCUT2D eigenvalue weighted by molar-refractivity contribution is 6.31. The maximum absolute atomic E-state index is 11.7. The molecule has 1 amide bonds. The zero-order chi connectivity index (χ0) is 14.4. The molecule has 0 aliphatic carbocycles. The topological polar surface area (TPSA) is 78.4 Å². The van der Waals surface area contributed by atoms with Gasteiger partial charge in [-0.05, 0) is 25.5 Å². The van der Waals surface area contributed by atoms with Crippen molar-refractivity contribution in [2.24, 2.45) is 0 Å². The predicted octanol–water partition coefficient (Wildman–Crippen LogP) is 1.58. The number of carboxylic acids is 1. The van der Waals surface area contributed by atoms with Crippen molar-refractivity contribution in [1.82, 2.24) is 10.6 Å². The van der Waals surface area contributed by atoms with Crippen LogP contribution in [-0.2, 0) is 9.59 Å². The lowest BCUT2D eigenvalue weighted by Crippen LogP contribution is -2.42. The standard InChI is InChI=1S/C13H17ClN2O3/c1-8(10-5-3-4-6-11(10)14)16-12(17)7-15-9(2)13(18)19/h3-6,8-9,15H,7H2,1-2H3,(H,16,17)(H,18,19). The van der Waals surface area contributed by atoms with Gasteiger partial charge in [0.25, 0.3) is 0 Å². The van der Waals surface area contributed by atoms with Crippen molar-refractivity contribution < 1.29 is 14.7 Å². The van der Waals surface area contributed by atoms with Gasteiger partial charge >= 0.3 is 5.97 Å². The van der Waals surface area contributed by atoms with Crippen LogP contribution in [0.2, 0.25) is 5.02 Å². The molecule has 0 fully saturated rings. The average molecular weight is 285 g/mol. The molecule has 3 N–H and O–H groups in total. The molecule has 104 valence electrons. The van der Waals surface area contributed by atoms with Crippen LogP contribution in [-0.4, -0.2) is 29.6 Å². The SMILES string of the molecule is CC(NCC(=O)NC(C)c1ccccc1Cl)C(=O)O. The third-order valence-corrected chi connectivity index (χ3v) is 3.03. The Morgan fingerprint density at radius 3 is 2.53 bits per heavy atom. The van der Waals surface area contributed by atoms with Crippen LogP contribution >= 0.6 is 11.6 Å². The molecular weight excluding hydrogens is 268 g/mol. The summed E-state index contributed by atoms with van der Waals surface area (Å²) in [6, 6.07) is 6.25. The number of benzene rings is 1. The molecule has 0 aromatic heterocycles. The van der Waals surface area contributed by atoms with Crippen LogP contribution < -0.4 is 10.6 Å². The van der Waals surface area contributed by atoms with Gasteiger partial charge in [-0.2, -0.15) is 0 Å². The first-order valence-corrected chi connectivity index (χ1v) is 6.29. The van der Waals surface area contributed by atoms with Gasteiger partial charge in [0.15, 0.2) is 0 Å². The minimum atomic E-state index is -0.994. The van der Waals surface area contributed by atoms with Gasteiger partial charge in [-0.3, -0.25) is 14.9 Å². The van der Waals surface area contributed by atoms with E-state index < -0.39 is 12.0 Å². The number of rotatable bonds is 6. The third-order valence-electron chi connectivity index (χ3n) is 2.69. The molecule has 2 atom stereocenters. The summed E-state index contributed by atoms with van der Waals surface area (Å²) in [7, 11) is 0. The predicted molar refractivity (Wildman–Crippen MR) is 73.1 cm³/mol. The lowest BCUT2D eigenvalue weighted by molar-refractivity contribution is -0.139. The van der Waals surface area contributed by atoms with Gasteiger partial charge in [0.1, 0.15) is 6.04 Å². The highest BCUT2D eigenvalue weighted by Crippen LogP contribution is 2.21. The molecule has 0 bridgehead atoms. The zero-order valence-corrected chi connectivity index (χ0v) is 11.6. The van der Waals surface area contributed by atoms with Gasteiger partial charge in [0.2, 0.25) is 5.91 Å². The highest BCUT2D eigenvalue weighted by atomic mass is 35.5. The fraction of sp³-hybridized carbons (Fsp3) is 0.385. The first-order chi connectivity index (χ1) is 8.91. The fourth-order valence-corrected chi connectivity index (χ4v) is 1.83. The number of carbonyl (C=O) groups excluding carboxylic acids is 1. The number of carbonyl (C=O) groups is 2. The van der Waals surface area contributed by atoms with E-state index in [4.69, 9.17) is 16.7 Å². The number of nitrogens with one attached hydrogen (secondary N) is 2. The van der Waals surface area contributed by atoms with E-state index in [1.807, 2.05) is 25.1 Å². The maximum atomic E-state index is 11.7. The van der Waals surface area contributed by atoms with Gasteiger partial charge in [0.05, 0.1) is 12.6 Å². The first-order valence-electron chi connectivity index (χ1n) is 5.91. The molecule has 2 unspecified atom stereocenters. The van der Waals surface area contributed by atoms with E-state index in [9.17, 15) is 9.59 Å². The Bertz CT molecular complexity index is 465. The van der Waals surface area contributed by atoms with Crippen molar-refractivity contribution in [3.63, 3.8) is 0 Å². The van der Waals surface area contributed by atoms with Crippen molar-refractivity contribution in [2.45, 2.75) is 25.9 Å². The Labute approximate surface area is 117 Å². The van der Waals surface area contributed by atoms with Crippen LogP contribution in [0.5, 0.6) is 0 Å². The summed E-state index contributed by atoms with van der Waals surface area (Å²) < 4.78 is 0. The largest absolute Gasteiger partial charge is 0.480 e. The summed E-state index contributed by atoms with van der Waals surface area (Å²) in [4.78, 5) is 22.2. The summed E-state index contributed by atoms with van der Waals surface area (Å²) >= 11 is 6.03. The molecule has 6 heteroatoms. The zero-order valence-electron chi connectivity index (χ0n) is 10.8. The molecule has 0 aliphatic heterocycles. The van der Waals surface area contributed by atoms with Crippen LogP contribution in [0.3, 0.4) is 0 Å². The molecule has 0 aliphatic rings. The molecular formula is C13H17ClN2O3. The molecule has 1 aromatic carbocycles. The summed E-state index contributed by atoms with van der Waals surface area (Å²) in [6.45, 7) is 3.25. The molecule has 0 saturated heterocycles. The minimum Gasteiger partial charge on any atom is -0.480 e. The number of carboxylic acid groups (broad SMARTS) is 1. The Morgan fingerprint density at radius 2 is 1.95 bits per heavy atom. The summed E-state index contributed by atoms with van der Waals surface area (Å²) in [5, 5.41) is 14.6. The maximum Gasteiger partial charge on any atom is 0.320 e. The molecule has 0 saturated carbocycles. The van der Waals surface area contributed by atoms with E-state index >= 15 is 0 Å². The molecule has 1 rings (SSSR count). The van der Waals surface area contributed by atoms with Gasteiger partial charge < -0.3 is 10.4 Å². The van der Waals surface area contributed by atoms with Gasteiger partial charge in [-0.25, -0.2) is 0 Å². The van der Waals surface area contributed by atoms with Crippen LogP contribution in [0.15, 0.2) is 24.3 Å². The fourth-order valence-electron chi connectivity index (χ4n) is 1.53. The van der Waals surface area contributed by atoms with Crippen molar-refractivity contribution in [2.75, 3.05) is 6.54 Å². The number of amides is 1. The normalized spacial score (nSPS) is 13.6. The van der Waals surface area contributed by atoms with Gasteiger partial charge in [-0.15, -0.1) is 0 Å². The van der Waals surface area contributed by atoms with E-state index in [0.29, 0.717) is 5.02 Å². The second-order valence-corrected chi connectivity index (χ2v) is 4.66. The van der Waals surface area contributed by atoms with Gasteiger partial charge in [-0.1, -0.05) is 29.8 Å². The number of hydrogen-bond acceptors (Lipinski definition) is 3. The van der Waals surface area contributed by atoms with Crippen molar-refractivity contribution in [1.29, 1.82) is 0 Å². The molecule has 0 radical (unpaired) electrons. The number of aliphatic carboxylic acids is 1. The number of halogens is 1. The van der Waals surface area contributed by atoms with Gasteiger partial charge in [0, 0.05) is 5.02 Å². The van der Waals surface area contributed by atoms with Crippen LogP contribution in [0, 0.1) is 0 Å². The molecule has 19 heavy (non-hydrogen) atoms. The second-order valence-electron chi connectivity index (χ2n) is 4.25. The third kappa shape index (κ3) is 4.89. The van der Waals surface area contributed by atoms with E-state index in [1.165, 1.54) is 6.92 Å². The van der Waals surface area contributed by atoms with Crippen LogP contribution in [0.25, 0.3) is 0 Å². The summed E-state index contributed by atoms with van der Waals surface area (Å²) in [5.74, 6) is -1.27. The average Bonchev–Trinajstić information content (AvgIpc) is 2.36.